The summed E-state index contributed by atoms with van der Waals surface area (Å²) >= 11 is 23.6. The van der Waals surface area contributed by atoms with E-state index in [4.69, 9.17) is 55.9 Å². The first kappa shape index (κ1) is 31.5. The van der Waals surface area contributed by atoms with Crippen LogP contribution >= 0.6 is 46.4 Å². The summed E-state index contributed by atoms with van der Waals surface area (Å²) in [4.78, 5) is 49.9. The molecule has 0 saturated carbocycles. The highest BCUT2D eigenvalue weighted by Crippen LogP contribution is 2.26. The van der Waals surface area contributed by atoms with Gasteiger partial charge in [0.2, 0.25) is 0 Å². The van der Waals surface area contributed by atoms with E-state index in [-0.39, 0.29) is 43.8 Å². The topological polar surface area (TPSA) is 123 Å². The third-order valence-corrected chi connectivity index (χ3v) is 6.79. The molecule has 0 aromatic heterocycles. The van der Waals surface area contributed by atoms with Gasteiger partial charge in [-0.05, 0) is 78.9 Å². The second-order valence-corrected chi connectivity index (χ2v) is 10.3. The highest BCUT2D eigenvalue weighted by atomic mass is 35.5. The number of carbonyl (C=O) groups is 4. The predicted molar refractivity (Wildman–Crippen MR) is 164 cm³/mol. The molecule has 0 unspecified atom stereocenters. The van der Waals surface area contributed by atoms with Crippen LogP contribution in [0.1, 0.15) is 36.6 Å². The SMILES string of the molecule is O=C(CNC(=O)c1ccc(Cl)c(Cl)c1)N/N=C/c1ccc(OC(=O)c2ccc(Cl)cc2)cc1OC(=O)c1ccc(Cl)cc1. The number of esters is 2. The number of carbonyl (C=O) groups excluding carboxylic acids is 4. The number of ether oxygens (including phenoxy) is 2. The van der Waals surface area contributed by atoms with Crippen molar-refractivity contribution >= 4 is 76.4 Å². The van der Waals surface area contributed by atoms with Crippen molar-refractivity contribution in [2.75, 3.05) is 6.54 Å². The molecule has 0 fully saturated rings. The van der Waals surface area contributed by atoms with Gasteiger partial charge in [-0.25, -0.2) is 15.0 Å². The number of amides is 2. The predicted octanol–water partition coefficient (Wildman–Crippen LogP) is 6.62. The summed E-state index contributed by atoms with van der Waals surface area (Å²) in [7, 11) is 0. The Morgan fingerprint density at radius 3 is 1.86 bits per heavy atom. The van der Waals surface area contributed by atoms with Crippen molar-refractivity contribution in [2.45, 2.75) is 0 Å². The number of benzene rings is 4. The minimum atomic E-state index is -0.721. The normalized spacial score (nSPS) is 10.7. The monoisotopic (exact) mass is 657 g/mol. The standard InChI is InChI=1S/C30H19Cl4N3O6/c31-21-7-1-17(2-8-21)29(40)42-23-11-5-20(26(14-23)43-30(41)18-3-9-22(32)10-4-18)15-36-37-27(38)16-35-28(39)19-6-12-24(33)25(34)13-19/h1-15H,16H2,(H,35,39)(H,37,38)/b36-15+. The average molecular weight is 659 g/mol. The van der Waals surface area contributed by atoms with Crippen molar-refractivity contribution in [3.05, 3.63) is 127 Å². The van der Waals surface area contributed by atoms with Gasteiger partial charge in [0, 0.05) is 27.2 Å². The third kappa shape index (κ3) is 9.04. The van der Waals surface area contributed by atoms with Gasteiger partial charge in [-0.15, -0.1) is 0 Å². The van der Waals surface area contributed by atoms with Gasteiger partial charge < -0.3 is 14.8 Å². The Bertz CT molecular complexity index is 1710. The quantitative estimate of drug-likeness (QED) is 0.0902. The van der Waals surface area contributed by atoms with E-state index in [0.29, 0.717) is 10.0 Å². The average Bonchev–Trinajstić information content (AvgIpc) is 2.99. The number of hydrazone groups is 1. The summed E-state index contributed by atoms with van der Waals surface area (Å²) < 4.78 is 11.0. The second-order valence-electron chi connectivity index (χ2n) is 8.60. The maximum absolute atomic E-state index is 12.8. The van der Waals surface area contributed by atoms with Crippen molar-refractivity contribution in [3.8, 4) is 11.5 Å². The molecular formula is C30H19Cl4N3O6. The van der Waals surface area contributed by atoms with E-state index in [1.54, 1.807) is 12.1 Å². The highest BCUT2D eigenvalue weighted by Gasteiger charge is 2.15. The van der Waals surface area contributed by atoms with Gasteiger partial charge in [0.05, 0.1) is 33.9 Å². The van der Waals surface area contributed by atoms with E-state index < -0.39 is 30.3 Å². The summed E-state index contributed by atoms with van der Waals surface area (Å²) in [5, 5.41) is 7.68. The zero-order chi connectivity index (χ0) is 30.9. The van der Waals surface area contributed by atoms with Crippen LogP contribution in [-0.2, 0) is 4.79 Å². The molecule has 0 bridgehead atoms. The summed E-state index contributed by atoms with van der Waals surface area (Å²) in [6.45, 7) is -0.394. The van der Waals surface area contributed by atoms with E-state index in [1.165, 1.54) is 79.0 Å². The molecule has 0 aliphatic heterocycles. The Labute approximate surface area is 265 Å². The smallest absolute Gasteiger partial charge is 0.343 e. The molecular weight excluding hydrogens is 640 g/mol. The molecule has 43 heavy (non-hydrogen) atoms. The molecule has 0 saturated heterocycles. The number of rotatable bonds is 9. The molecule has 2 N–H and O–H groups in total. The molecule has 218 valence electrons. The van der Waals surface area contributed by atoms with E-state index in [2.05, 4.69) is 15.8 Å². The van der Waals surface area contributed by atoms with Crippen LogP contribution < -0.4 is 20.2 Å². The maximum atomic E-state index is 12.8. The lowest BCUT2D eigenvalue weighted by atomic mass is 10.2. The minimum absolute atomic E-state index is 0.0210. The Balaban J connectivity index is 1.45. The number of nitrogens with one attached hydrogen (secondary N) is 2. The summed E-state index contributed by atoms with van der Waals surface area (Å²) in [5.41, 5.74) is 3.21. The van der Waals surface area contributed by atoms with E-state index in [0.717, 1.165) is 0 Å². The van der Waals surface area contributed by atoms with Crippen LogP contribution in [0.5, 0.6) is 11.5 Å². The highest BCUT2D eigenvalue weighted by molar-refractivity contribution is 6.42. The van der Waals surface area contributed by atoms with Crippen molar-refractivity contribution in [2.24, 2.45) is 5.10 Å². The molecule has 0 aliphatic rings. The van der Waals surface area contributed by atoms with Crippen LogP contribution in [0, 0.1) is 0 Å². The van der Waals surface area contributed by atoms with E-state index in [1.807, 2.05) is 0 Å². The van der Waals surface area contributed by atoms with Crippen LogP contribution in [-0.4, -0.2) is 36.5 Å². The van der Waals surface area contributed by atoms with Gasteiger partial charge >= 0.3 is 11.9 Å². The Morgan fingerprint density at radius 1 is 0.674 bits per heavy atom. The molecule has 0 radical (unpaired) electrons. The molecule has 2 amide bonds. The molecule has 0 spiro atoms. The van der Waals surface area contributed by atoms with Gasteiger partial charge in [-0.3, -0.25) is 9.59 Å². The largest absolute Gasteiger partial charge is 0.423 e. The van der Waals surface area contributed by atoms with E-state index in [9.17, 15) is 19.2 Å². The van der Waals surface area contributed by atoms with Gasteiger partial charge in [0.25, 0.3) is 11.8 Å². The first-order chi connectivity index (χ1) is 20.6. The van der Waals surface area contributed by atoms with Crippen LogP contribution in [0.4, 0.5) is 0 Å². The molecule has 9 nitrogen and oxygen atoms in total. The first-order valence-corrected chi connectivity index (χ1v) is 13.7. The fraction of sp³-hybridized carbons (Fsp3) is 0.0333. The summed E-state index contributed by atoms with van der Waals surface area (Å²) in [6, 6.07) is 20.7. The number of hydrogen-bond donors (Lipinski definition) is 2. The molecule has 0 atom stereocenters. The summed E-state index contributed by atoms with van der Waals surface area (Å²) in [5.74, 6) is -2.52. The summed E-state index contributed by atoms with van der Waals surface area (Å²) in [6.07, 6.45) is 1.22. The molecule has 0 heterocycles. The first-order valence-electron chi connectivity index (χ1n) is 12.2. The van der Waals surface area contributed by atoms with Gasteiger partial charge in [0.15, 0.2) is 0 Å². The van der Waals surface area contributed by atoms with Crippen molar-refractivity contribution in [1.29, 1.82) is 0 Å². The molecule has 4 aromatic carbocycles. The zero-order valence-corrected chi connectivity index (χ0v) is 24.8. The van der Waals surface area contributed by atoms with Crippen LogP contribution in [0.25, 0.3) is 0 Å². The number of halogens is 4. The van der Waals surface area contributed by atoms with Gasteiger partial charge in [-0.2, -0.15) is 5.10 Å². The Kier molecular flexibility index (Phi) is 10.7. The molecule has 4 rings (SSSR count). The lowest BCUT2D eigenvalue weighted by Gasteiger charge is -2.11. The van der Waals surface area contributed by atoms with E-state index >= 15 is 0 Å². The molecule has 4 aromatic rings. The fourth-order valence-electron chi connectivity index (χ4n) is 3.38. The Morgan fingerprint density at radius 2 is 1.26 bits per heavy atom. The lowest BCUT2D eigenvalue weighted by molar-refractivity contribution is -0.120. The van der Waals surface area contributed by atoms with Gasteiger partial charge in [-0.1, -0.05) is 46.4 Å². The van der Waals surface area contributed by atoms with Crippen LogP contribution in [0.15, 0.2) is 90.0 Å². The number of hydrogen-bond acceptors (Lipinski definition) is 7. The minimum Gasteiger partial charge on any atom is -0.423 e. The maximum Gasteiger partial charge on any atom is 0.343 e. The number of nitrogens with zero attached hydrogens (tertiary/aromatic N) is 1. The van der Waals surface area contributed by atoms with Gasteiger partial charge in [0.1, 0.15) is 11.5 Å². The molecule has 0 aliphatic carbocycles. The molecule has 13 heteroatoms. The zero-order valence-electron chi connectivity index (χ0n) is 21.8. The third-order valence-electron chi connectivity index (χ3n) is 5.54. The van der Waals surface area contributed by atoms with Crippen LogP contribution in [0.2, 0.25) is 20.1 Å². The van der Waals surface area contributed by atoms with Crippen molar-refractivity contribution < 1.29 is 28.7 Å². The van der Waals surface area contributed by atoms with Crippen molar-refractivity contribution in [3.63, 3.8) is 0 Å². The fourth-order valence-corrected chi connectivity index (χ4v) is 3.93. The lowest BCUT2D eigenvalue weighted by Crippen LogP contribution is -2.34. The second kappa shape index (κ2) is 14.7. The Hall–Kier alpha value is -4.41. The van der Waals surface area contributed by atoms with Crippen molar-refractivity contribution in [1.82, 2.24) is 10.7 Å². The van der Waals surface area contributed by atoms with Crippen LogP contribution in [0.3, 0.4) is 0 Å².